The van der Waals surface area contributed by atoms with Gasteiger partial charge in [0, 0.05) is 37.0 Å². The lowest BCUT2D eigenvalue weighted by Crippen LogP contribution is -2.23. The minimum absolute atomic E-state index is 0.309. The van der Waals surface area contributed by atoms with E-state index in [1.165, 1.54) is 25.0 Å². The van der Waals surface area contributed by atoms with Crippen molar-refractivity contribution < 1.29 is 0 Å². The van der Waals surface area contributed by atoms with Crippen LogP contribution in [0.1, 0.15) is 48.9 Å². The minimum atomic E-state index is 0.309. The van der Waals surface area contributed by atoms with E-state index in [2.05, 4.69) is 32.1 Å². The Morgan fingerprint density at radius 2 is 2.14 bits per heavy atom. The second-order valence-electron chi connectivity index (χ2n) is 6.14. The Morgan fingerprint density at radius 1 is 1.23 bits per heavy atom. The molecule has 1 aliphatic heterocycles. The maximum atomic E-state index is 8.90. The van der Waals surface area contributed by atoms with Crippen LogP contribution in [-0.2, 0) is 0 Å². The second-order valence-corrected chi connectivity index (χ2v) is 6.14. The first-order chi connectivity index (χ1) is 10.8. The number of anilines is 1. The van der Waals surface area contributed by atoms with Crippen LogP contribution in [0.2, 0.25) is 0 Å². The number of nitrogens with zero attached hydrogens (tertiary/aromatic N) is 6. The lowest BCUT2D eigenvalue weighted by molar-refractivity contribution is 0.410. The molecule has 3 heterocycles. The van der Waals surface area contributed by atoms with Gasteiger partial charge in [0.2, 0.25) is 0 Å². The van der Waals surface area contributed by atoms with Gasteiger partial charge in [-0.05, 0) is 19.3 Å². The third kappa shape index (κ3) is 2.33. The van der Waals surface area contributed by atoms with Crippen molar-refractivity contribution in [3.05, 3.63) is 36.0 Å². The van der Waals surface area contributed by atoms with Gasteiger partial charge in [0.05, 0.1) is 17.8 Å². The van der Waals surface area contributed by atoms with Gasteiger partial charge in [0.25, 0.3) is 0 Å². The number of hydrogen-bond acceptors (Lipinski definition) is 5. The van der Waals surface area contributed by atoms with Crippen LogP contribution in [-0.4, -0.2) is 32.8 Å². The molecule has 0 N–H and O–H groups in total. The average molecular weight is 294 g/mol. The Morgan fingerprint density at radius 3 is 2.86 bits per heavy atom. The fraction of sp³-hybridized carbons (Fsp3) is 0.500. The molecule has 22 heavy (non-hydrogen) atoms. The lowest BCUT2D eigenvalue weighted by Gasteiger charge is -2.26. The summed E-state index contributed by atoms with van der Waals surface area (Å²) in [6.07, 6.45) is 9.99. The van der Waals surface area contributed by atoms with Crippen LogP contribution in [0.25, 0.3) is 0 Å². The van der Waals surface area contributed by atoms with Gasteiger partial charge in [0.15, 0.2) is 0 Å². The molecule has 1 unspecified atom stereocenters. The summed E-state index contributed by atoms with van der Waals surface area (Å²) in [7, 11) is 0. The summed E-state index contributed by atoms with van der Waals surface area (Å²) in [4.78, 5) is 11.2. The zero-order valence-electron chi connectivity index (χ0n) is 12.4. The van der Waals surface area contributed by atoms with E-state index in [1.807, 2.05) is 10.9 Å². The third-order valence-corrected chi connectivity index (χ3v) is 4.79. The van der Waals surface area contributed by atoms with E-state index < -0.39 is 0 Å². The van der Waals surface area contributed by atoms with E-state index in [0.29, 0.717) is 17.5 Å². The molecule has 2 fully saturated rings. The summed E-state index contributed by atoms with van der Waals surface area (Å²) in [5.41, 5.74) is 1.80. The Kier molecular flexibility index (Phi) is 3.26. The van der Waals surface area contributed by atoms with Crippen molar-refractivity contribution in [2.24, 2.45) is 0 Å². The standard InChI is InChI=1S/C16H18N6/c17-7-12-8-20-22(9-12)14-4-5-21(10-14)16-6-15(18-11-19-16)13-2-1-3-13/h6,8-9,11,13-14H,1-5,10H2. The molecule has 2 aliphatic rings. The normalized spacial score (nSPS) is 21.6. The number of aromatic nitrogens is 4. The van der Waals surface area contributed by atoms with Gasteiger partial charge in [0.1, 0.15) is 18.2 Å². The smallest absolute Gasteiger partial charge is 0.132 e. The molecule has 6 heteroatoms. The topological polar surface area (TPSA) is 70.6 Å². The summed E-state index contributed by atoms with van der Waals surface area (Å²) < 4.78 is 1.91. The summed E-state index contributed by atoms with van der Waals surface area (Å²) in [6, 6.07) is 4.59. The number of rotatable bonds is 3. The van der Waals surface area contributed by atoms with Crippen molar-refractivity contribution in [3.63, 3.8) is 0 Å². The highest BCUT2D eigenvalue weighted by Crippen LogP contribution is 2.36. The van der Waals surface area contributed by atoms with E-state index in [4.69, 9.17) is 5.26 Å². The second kappa shape index (κ2) is 5.41. The van der Waals surface area contributed by atoms with E-state index in [9.17, 15) is 0 Å². The Bertz CT molecular complexity index is 711. The maximum absolute atomic E-state index is 8.90. The highest BCUT2D eigenvalue weighted by atomic mass is 15.3. The largest absolute Gasteiger partial charge is 0.354 e. The first kappa shape index (κ1) is 13.3. The van der Waals surface area contributed by atoms with Gasteiger partial charge in [-0.15, -0.1) is 0 Å². The van der Waals surface area contributed by atoms with Crippen LogP contribution < -0.4 is 4.90 Å². The minimum Gasteiger partial charge on any atom is -0.354 e. The van der Waals surface area contributed by atoms with Crippen LogP contribution in [0.15, 0.2) is 24.8 Å². The van der Waals surface area contributed by atoms with E-state index in [-0.39, 0.29) is 0 Å². The zero-order valence-corrected chi connectivity index (χ0v) is 12.4. The molecule has 2 aromatic rings. The first-order valence-corrected chi connectivity index (χ1v) is 7.84. The van der Waals surface area contributed by atoms with Crippen LogP contribution in [0.4, 0.5) is 5.82 Å². The van der Waals surface area contributed by atoms with Crippen LogP contribution in [0, 0.1) is 11.3 Å². The molecule has 0 bridgehead atoms. The molecule has 112 valence electrons. The van der Waals surface area contributed by atoms with Crippen LogP contribution in [0.3, 0.4) is 0 Å². The highest BCUT2D eigenvalue weighted by Gasteiger charge is 2.27. The molecule has 1 atom stereocenters. The van der Waals surface area contributed by atoms with Crippen molar-refractivity contribution in [1.29, 1.82) is 5.26 Å². The Balaban J connectivity index is 1.49. The van der Waals surface area contributed by atoms with Gasteiger partial charge in [-0.3, -0.25) is 4.68 Å². The Labute approximate surface area is 129 Å². The van der Waals surface area contributed by atoms with Crippen molar-refractivity contribution >= 4 is 5.82 Å². The highest BCUT2D eigenvalue weighted by molar-refractivity contribution is 5.41. The molecule has 6 nitrogen and oxygen atoms in total. The summed E-state index contributed by atoms with van der Waals surface area (Å²) in [5, 5.41) is 13.2. The molecule has 4 rings (SSSR count). The maximum Gasteiger partial charge on any atom is 0.132 e. The van der Waals surface area contributed by atoms with Crippen molar-refractivity contribution in [3.8, 4) is 6.07 Å². The molecule has 0 amide bonds. The summed E-state index contributed by atoms with van der Waals surface area (Å²) >= 11 is 0. The number of hydrogen-bond donors (Lipinski definition) is 0. The fourth-order valence-corrected chi connectivity index (χ4v) is 3.22. The van der Waals surface area contributed by atoms with Crippen molar-refractivity contribution in [1.82, 2.24) is 19.7 Å². The molecular weight excluding hydrogens is 276 g/mol. The van der Waals surface area contributed by atoms with E-state index in [0.717, 1.165) is 25.3 Å². The summed E-state index contributed by atoms with van der Waals surface area (Å²) in [5.74, 6) is 1.65. The monoisotopic (exact) mass is 294 g/mol. The molecule has 1 saturated heterocycles. The summed E-state index contributed by atoms with van der Waals surface area (Å²) in [6.45, 7) is 1.85. The van der Waals surface area contributed by atoms with Crippen molar-refractivity contribution in [2.75, 3.05) is 18.0 Å². The first-order valence-electron chi connectivity index (χ1n) is 7.84. The van der Waals surface area contributed by atoms with Crippen LogP contribution in [0.5, 0.6) is 0 Å². The molecular formula is C16H18N6. The molecule has 2 aromatic heterocycles. The average Bonchev–Trinajstić information content (AvgIpc) is 3.15. The van der Waals surface area contributed by atoms with E-state index in [1.54, 1.807) is 12.5 Å². The lowest BCUT2D eigenvalue weighted by atomic mass is 9.83. The SMILES string of the molecule is N#Cc1cnn(C2CCN(c3cc(C4CCC4)ncn3)C2)c1. The van der Waals surface area contributed by atoms with Gasteiger partial charge in [-0.2, -0.15) is 10.4 Å². The molecule has 0 spiro atoms. The van der Waals surface area contributed by atoms with Crippen molar-refractivity contribution in [2.45, 2.75) is 37.6 Å². The number of nitriles is 1. The van der Waals surface area contributed by atoms with E-state index >= 15 is 0 Å². The van der Waals surface area contributed by atoms with Gasteiger partial charge >= 0.3 is 0 Å². The molecule has 0 radical (unpaired) electrons. The quantitative estimate of drug-likeness (QED) is 0.868. The van der Waals surface area contributed by atoms with Gasteiger partial charge < -0.3 is 4.90 Å². The third-order valence-electron chi connectivity index (χ3n) is 4.79. The predicted molar refractivity (Wildman–Crippen MR) is 81.4 cm³/mol. The fourth-order valence-electron chi connectivity index (χ4n) is 3.22. The molecule has 1 saturated carbocycles. The zero-order chi connectivity index (χ0) is 14.9. The van der Waals surface area contributed by atoms with Crippen LogP contribution >= 0.6 is 0 Å². The molecule has 1 aliphatic carbocycles. The molecule has 0 aromatic carbocycles. The van der Waals surface area contributed by atoms with Gasteiger partial charge in [-0.25, -0.2) is 9.97 Å². The van der Waals surface area contributed by atoms with Gasteiger partial charge in [-0.1, -0.05) is 6.42 Å². The predicted octanol–water partition coefficient (Wildman–Crippen LogP) is 2.26. The Hall–Kier alpha value is -2.42.